The molecule has 1 amide bonds. The van der Waals surface area contributed by atoms with Gasteiger partial charge >= 0.3 is 0 Å². The Bertz CT molecular complexity index is 368. The maximum absolute atomic E-state index is 12.0. The van der Waals surface area contributed by atoms with Gasteiger partial charge in [0.15, 0.2) is 0 Å². The molecular weight excluding hydrogens is 222 g/mol. The van der Waals surface area contributed by atoms with Gasteiger partial charge in [-0.1, -0.05) is 20.8 Å². The minimum atomic E-state index is -0.0362. The molecule has 0 aliphatic carbocycles. The van der Waals surface area contributed by atoms with E-state index in [2.05, 4.69) is 25.8 Å². The summed E-state index contributed by atoms with van der Waals surface area (Å²) in [6.45, 7) is 7.40. The fraction of sp³-hybridized carbons (Fsp3) is 0.636. The summed E-state index contributed by atoms with van der Waals surface area (Å²) in [5.41, 5.74) is 6.06. The predicted octanol–water partition coefficient (Wildman–Crippen LogP) is 1.72. The van der Waals surface area contributed by atoms with Gasteiger partial charge in [0.05, 0.1) is 0 Å². The van der Waals surface area contributed by atoms with Gasteiger partial charge in [-0.15, -0.1) is 11.3 Å². The summed E-state index contributed by atoms with van der Waals surface area (Å²) in [7, 11) is 1.80. The minimum Gasteiger partial charge on any atom is -0.340 e. The number of rotatable bonds is 3. The number of nitrogens with zero attached hydrogens (tertiary/aromatic N) is 2. The second-order valence-corrected chi connectivity index (χ2v) is 6.00. The molecule has 0 saturated carbocycles. The van der Waals surface area contributed by atoms with Gasteiger partial charge in [0, 0.05) is 25.5 Å². The van der Waals surface area contributed by atoms with Gasteiger partial charge in [0.2, 0.25) is 0 Å². The number of aromatic nitrogens is 1. The van der Waals surface area contributed by atoms with Crippen molar-refractivity contribution in [3.8, 4) is 0 Å². The van der Waals surface area contributed by atoms with E-state index in [0.717, 1.165) is 5.01 Å². The van der Waals surface area contributed by atoms with Gasteiger partial charge in [0.1, 0.15) is 10.7 Å². The summed E-state index contributed by atoms with van der Waals surface area (Å²) in [6, 6.07) is 0. The lowest BCUT2D eigenvalue weighted by molar-refractivity contribution is 0.0740. The van der Waals surface area contributed by atoms with Crippen LogP contribution >= 0.6 is 11.3 Å². The summed E-state index contributed by atoms with van der Waals surface area (Å²) in [6.07, 6.45) is 0. The van der Waals surface area contributed by atoms with Crippen LogP contribution < -0.4 is 5.73 Å². The van der Waals surface area contributed by atoms with Crippen LogP contribution in [0.5, 0.6) is 0 Å². The molecule has 0 atom stereocenters. The quantitative estimate of drug-likeness (QED) is 0.876. The zero-order valence-corrected chi connectivity index (χ0v) is 11.1. The molecule has 2 N–H and O–H groups in total. The Morgan fingerprint density at radius 1 is 1.56 bits per heavy atom. The number of carbonyl (C=O) groups excluding carboxylic acids is 1. The monoisotopic (exact) mass is 241 g/mol. The van der Waals surface area contributed by atoms with Crippen molar-refractivity contribution in [2.45, 2.75) is 27.3 Å². The number of hydrogen-bond acceptors (Lipinski definition) is 4. The van der Waals surface area contributed by atoms with Gasteiger partial charge in [0.25, 0.3) is 5.91 Å². The Kier molecular flexibility index (Phi) is 4.04. The molecule has 5 heteroatoms. The molecule has 1 aromatic heterocycles. The van der Waals surface area contributed by atoms with Crippen LogP contribution in [-0.4, -0.2) is 29.4 Å². The molecule has 0 bridgehead atoms. The lowest BCUT2D eigenvalue weighted by Crippen LogP contribution is -2.34. The van der Waals surface area contributed by atoms with Crippen molar-refractivity contribution in [3.05, 3.63) is 16.1 Å². The van der Waals surface area contributed by atoms with E-state index in [9.17, 15) is 4.79 Å². The standard InChI is InChI=1S/C11H19N3OS/c1-11(2,3)7-14(4)10(15)8-6-16-9(5-12)13-8/h6H,5,7,12H2,1-4H3. The van der Waals surface area contributed by atoms with Crippen molar-refractivity contribution < 1.29 is 4.79 Å². The fourth-order valence-electron chi connectivity index (χ4n) is 1.48. The molecule has 0 saturated heterocycles. The normalized spacial score (nSPS) is 11.6. The Balaban J connectivity index is 2.70. The SMILES string of the molecule is CN(CC(C)(C)C)C(=O)c1csc(CN)n1. The Labute approximate surface area is 100 Å². The second kappa shape index (κ2) is 4.93. The Morgan fingerprint density at radius 3 is 2.62 bits per heavy atom. The average Bonchev–Trinajstić information content (AvgIpc) is 2.61. The molecule has 1 aromatic rings. The van der Waals surface area contributed by atoms with E-state index in [1.807, 2.05) is 0 Å². The fourth-order valence-corrected chi connectivity index (χ4v) is 2.13. The highest BCUT2D eigenvalue weighted by Gasteiger charge is 2.20. The summed E-state index contributed by atoms with van der Waals surface area (Å²) in [5.74, 6) is -0.0362. The summed E-state index contributed by atoms with van der Waals surface area (Å²) in [4.78, 5) is 17.9. The maximum Gasteiger partial charge on any atom is 0.273 e. The maximum atomic E-state index is 12.0. The van der Waals surface area contributed by atoms with Crippen LogP contribution in [0, 0.1) is 5.41 Å². The van der Waals surface area contributed by atoms with E-state index in [-0.39, 0.29) is 11.3 Å². The van der Waals surface area contributed by atoms with Crippen molar-refractivity contribution in [3.63, 3.8) is 0 Å². The number of nitrogens with two attached hydrogens (primary N) is 1. The number of thiazole rings is 1. The lowest BCUT2D eigenvalue weighted by atomic mass is 9.96. The third-order valence-electron chi connectivity index (χ3n) is 2.00. The summed E-state index contributed by atoms with van der Waals surface area (Å²) in [5, 5.41) is 2.57. The van der Waals surface area contributed by atoms with Crippen molar-refractivity contribution in [1.82, 2.24) is 9.88 Å². The first-order valence-corrected chi connectivity index (χ1v) is 6.11. The van der Waals surface area contributed by atoms with Crippen LogP contribution in [0.25, 0.3) is 0 Å². The first-order valence-electron chi connectivity index (χ1n) is 5.23. The van der Waals surface area contributed by atoms with Crippen molar-refractivity contribution in [2.24, 2.45) is 11.1 Å². The highest BCUT2D eigenvalue weighted by Crippen LogP contribution is 2.17. The zero-order chi connectivity index (χ0) is 12.3. The highest BCUT2D eigenvalue weighted by atomic mass is 32.1. The van der Waals surface area contributed by atoms with Gasteiger partial charge in [-0.25, -0.2) is 4.98 Å². The molecule has 0 aromatic carbocycles. The molecule has 0 radical (unpaired) electrons. The first-order chi connectivity index (χ1) is 7.33. The minimum absolute atomic E-state index is 0.0362. The highest BCUT2D eigenvalue weighted by molar-refractivity contribution is 7.09. The molecule has 0 aliphatic heterocycles. The van der Waals surface area contributed by atoms with Crippen LogP contribution in [-0.2, 0) is 6.54 Å². The van der Waals surface area contributed by atoms with Gasteiger partial charge < -0.3 is 10.6 Å². The van der Waals surface area contributed by atoms with Crippen molar-refractivity contribution in [2.75, 3.05) is 13.6 Å². The van der Waals surface area contributed by atoms with E-state index in [0.29, 0.717) is 18.8 Å². The molecule has 16 heavy (non-hydrogen) atoms. The smallest absolute Gasteiger partial charge is 0.273 e. The topological polar surface area (TPSA) is 59.2 Å². The number of carbonyl (C=O) groups is 1. The molecule has 1 heterocycles. The van der Waals surface area contributed by atoms with Gasteiger partial charge in [-0.2, -0.15) is 0 Å². The van der Waals surface area contributed by atoms with Crippen LogP contribution in [0.15, 0.2) is 5.38 Å². The third kappa shape index (κ3) is 3.57. The van der Waals surface area contributed by atoms with Crippen LogP contribution in [0.1, 0.15) is 36.3 Å². The van der Waals surface area contributed by atoms with Gasteiger partial charge in [-0.3, -0.25) is 4.79 Å². The number of amides is 1. The summed E-state index contributed by atoms with van der Waals surface area (Å²) < 4.78 is 0. The van der Waals surface area contributed by atoms with Crippen LogP contribution in [0.3, 0.4) is 0 Å². The van der Waals surface area contributed by atoms with Crippen molar-refractivity contribution >= 4 is 17.2 Å². The third-order valence-corrected chi connectivity index (χ3v) is 2.87. The molecule has 0 unspecified atom stereocenters. The molecule has 0 spiro atoms. The van der Waals surface area contributed by atoms with Gasteiger partial charge in [-0.05, 0) is 5.41 Å². The zero-order valence-electron chi connectivity index (χ0n) is 10.3. The molecule has 0 fully saturated rings. The van der Waals surface area contributed by atoms with Crippen LogP contribution in [0.2, 0.25) is 0 Å². The van der Waals surface area contributed by atoms with Crippen molar-refractivity contribution in [1.29, 1.82) is 0 Å². The van der Waals surface area contributed by atoms with E-state index in [4.69, 9.17) is 5.73 Å². The van der Waals surface area contributed by atoms with E-state index < -0.39 is 0 Å². The first kappa shape index (κ1) is 13.1. The van der Waals surface area contributed by atoms with Crippen LogP contribution in [0.4, 0.5) is 0 Å². The van der Waals surface area contributed by atoms with E-state index in [1.54, 1.807) is 17.3 Å². The molecule has 1 rings (SSSR count). The number of hydrogen-bond donors (Lipinski definition) is 1. The second-order valence-electron chi connectivity index (χ2n) is 5.05. The largest absolute Gasteiger partial charge is 0.340 e. The molecule has 0 aliphatic rings. The van der Waals surface area contributed by atoms with E-state index >= 15 is 0 Å². The lowest BCUT2D eigenvalue weighted by Gasteiger charge is -2.25. The Hall–Kier alpha value is -0.940. The summed E-state index contributed by atoms with van der Waals surface area (Å²) >= 11 is 1.43. The predicted molar refractivity (Wildman–Crippen MR) is 66.4 cm³/mol. The molecule has 4 nitrogen and oxygen atoms in total. The average molecular weight is 241 g/mol. The molecule has 90 valence electrons. The Morgan fingerprint density at radius 2 is 2.19 bits per heavy atom. The molecular formula is C11H19N3OS. The van der Waals surface area contributed by atoms with E-state index in [1.165, 1.54) is 11.3 Å².